The van der Waals surface area contributed by atoms with Crippen LogP contribution in [0, 0.1) is 11.8 Å². The van der Waals surface area contributed by atoms with Gasteiger partial charge in [-0.05, 0) is 19.3 Å². The molecule has 0 bridgehead atoms. The Labute approximate surface area is 54.2 Å². The monoisotopic (exact) mass is 126 g/mol. The summed E-state index contributed by atoms with van der Waals surface area (Å²) < 4.78 is 0. The molecule has 2 nitrogen and oxygen atoms in total. The lowest BCUT2D eigenvalue weighted by atomic mass is 10.1. The van der Waals surface area contributed by atoms with Crippen LogP contribution in [0.3, 0.4) is 0 Å². The van der Waals surface area contributed by atoms with Gasteiger partial charge in [-0.25, -0.2) is 0 Å². The quantitative estimate of drug-likeness (QED) is 0.513. The van der Waals surface area contributed by atoms with Crippen LogP contribution in [0.5, 0.6) is 0 Å². The Balaban J connectivity index is 2.36. The zero-order valence-corrected chi connectivity index (χ0v) is 5.25. The van der Waals surface area contributed by atoms with Gasteiger partial charge < -0.3 is 9.59 Å². The summed E-state index contributed by atoms with van der Waals surface area (Å²) in [4.78, 5) is 20.3. The Hall–Kier alpha value is -0.660. The van der Waals surface area contributed by atoms with E-state index < -0.39 is 0 Å². The lowest BCUT2D eigenvalue weighted by Crippen LogP contribution is -1.97. The van der Waals surface area contributed by atoms with Crippen LogP contribution in [0.4, 0.5) is 0 Å². The van der Waals surface area contributed by atoms with Gasteiger partial charge in [0.25, 0.3) is 0 Å². The second kappa shape index (κ2) is 2.76. The molecule has 50 valence electrons. The number of aldehydes is 2. The van der Waals surface area contributed by atoms with Crippen molar-refractivity contribution in [2.24, 2.45) is 11.8 Å². The fourth-order valence-electron chi connectivity index (χ4n) is 1.30. The van der Waals surface area contributed by atoms with Crippen LogP contribution in [-0.2, 0) is 9.59 Å². The van der Waals surface area contributed by atoms with Gasteiger partial charge >= 0.3 is 0 Å². The average Bonchev–Trinajstić information content (AvgIpc) is 2.34. The molecule has 1 aliphatic rings. The summed E-state index contributed by atoms with van der Waals surface area (Å²) in [6, 6.07) is 0. The van der Waals surface area contributed by atoms with Crippen molar-refractivity contribution < 1.29 is 9.59 Å². The lowest BCUT2D eigenvalue weighted by Gasteiger charge is -1.94. The number of rotatable bonds is 2. The third-order valence-corrected chi connectivity index (χ3v) is 1.90. The SMILES string of the molecule is O=C[C@@H]1CC[C@H](C=O)C1. The summed E-state index contributed by atoms with van der Waals surface area (Å²) in [6.45, 7) is 0. The first-order valence-corrected chi connectivity index (χ1v) is 3.27. The zero-order valence-electron chi connectivity index (χ0n) is 5.25. The van der Waals surface area contributed by atoms with E-state index in [-0.39, 0.29) is 11.8 Å². The molecule has 0 aromatic carbocycles. The molecular formula is C7H10O2. The predicted octanol–water partition coefficient (Wildman–Crippen LogP) is 0.800. The van der Waals surface area contributed by atoms with E-state index in [1.54, 1.807) is 0 Å². The fourth-order valence-corrected chi connectivity index (χ4v) is 1.30. The maximum Gasteiger partial charge on any atom is 0.123 e. The smallest absolute Gasteiger partial charge is 0.123 e. The second-order valence-electron chi connectivity index (χ2n) is 2.61. The molecule has 0 aliphatic heterocycles. The van der Waals surface area contributed by atoms with E-state index in [9.17, 15) is 9.59 Å². The molecule has 0 saturated heterocycles. The molecule has 9 heavy (non-hydrogen) atoms. The van der Waals surface area contributed by atoms with Gasteiger partial charge in [0.05, 0.1) is 0 Å². The van der Waals surface area contributed by atoms with Gasteiger partial charge in [0.1, 0.15) is 12.6 Å². The number of hydrogen-bond acceptors (Lipinski definition) is 2. The molecule has 0 unspecified atom stereocenters. The molecule has 0 amide bonds. The van der Waals surface area contributed by atoms with Crippen LogP contribution in [0.1, 0.15) is 19.3 Å². The van der Waals surface area contributed by atoms with E-state index in [1.807, 2.05) is 0 Å². The molecule has 0 heterocycles. The summed E-state index contributed by atoms with van der Waals surface area (Å²) in [6.07, 6.45) is 4.53. The maximum absolute atomic E-state index is 10.2. The molecule has 0 spiro atoms. The van der Waals surface area contributed by atoms with Crippen molar-refractivity contribution in [2.75, 3.05) is 0 Å². The van der Waals surface area contributed by atoms with Gasteiger partial charge in [0.2, 0.25) is 0 Å². The van der Waals surface area contributed by atoms with E-state index in [1.165, 1.54) is 0 Å². The van der Waals surface area contributed by atoms with E-state index in [4.69, 9.17) is 0 Å². The predicted molar refractivity (Wildman–Crippen MR) is 33.0 cm³/mol. The van der Waals surface area contributed by atoms with Gasteiger partial charge in [-0.2, -0.15) is 0 Å². The Morgan fingerprint density at radius 1 is 1.00 bits per heavy atom. The summed E-state index contributed by atoms with van der Waals surface area (Å²) in [5, 5.41) is 0. The minimum absolute atomic E-state index is 0.167. The summed E-state index contributed by atoms with van der Waals surface area (Å²) >= 11 is 0. The van der Waals surface area contributed by atoms with Crippen molar-refractivity contribution in [3.05, 3.63) is 0 Å². The number of hydrogen-bond donors (Lipinski definition) is 0. The fraction of sp³-hybridized carbons (Fsp3) is 0.714. The third-order valence-electron chi connectivity index (χ3n) is 1.90. The molecule has 1 fully saturated rings. The van der Waals surface area contributed by atoms with Crippen molar-refractivity contribution in [1.82, 2.24) is 0 Å². The summed E-state index contributed by atoms with van der Waals surface area (Å²) in [5.74, 6) is 0.334. The van der Waals surface area contributed by atoms with E-state index in [0.29, 0.717) is 0 Å². The molecule has 1 saturated carbocycles. The first-order valence-electron chi connectivity index (χ1n) is 3.27. The molecule has 0 aromatic rings. The first kappa shape index (κ1) is 6.46. The highest BCUT2D eigenvalue weighted by atomic mass is 16.1. The average molecular weight is 126 g/mol. The Morgan fingerprint density at radius 2 is 1.44 bits per heavy atom. The van der Waals surface area contributed by atoms with Crippen molar-refractivity contribution >= 4 is 12.6 Å². The van der Waals surface area contributed by atoms with Gasteiger partial charge in [0, 0.05) is 11.8 Å². The first-order chi connectivity index (χ1) is 4.36. The highest BCUT2D eigenvalue weighted by Crippen LogP contribution is 2.27. The van der Waals surface area contributed by atoms with Crippen LogP contribution in [0.25, 0.3) is 0 Å². The van der Waals surface area contributed by atoms with Crippen molar-refractivity contribution in [2.45, 2.75) is 19.3 Å². The molecule has 0 aromatic heterocycles. The van der Waals surface area contributed by atoms with Gasteiger partial charge in [0.15, 0.2) is 0 Å². The molecular weight excluding hydrogens is 116 g/mol. The minimum Gasteiger partial charge on any atom is -0.303 e. The largest absolute Gasteiger partial charge is 0.303 e. The van der Waals surface area contributed by atoms with Crippen LogP contribution >= 0.6 is 0 Å². The normalized spacial score (nSPS) is 34.2. The third kappa shape index (κ3) is 1.37. The highest BCUT2D eigenvalue weighted by molar-refractivity contribution is 5.59. The molecule has 2 atom stereocenters. The van der Waals surface area contributed by atoms with Crippen molar-refractivity contribution in [1.29, 1.82) is 0 Å². The van der Waals surface area contributed by atoms with E-state index in [2.05, 4.69) is 0 Å². The van der Waals surface area contributed by atoms with E-state index in [0.717, 1.165) is 31.8 Å². The van der Waals surface area contributed by atoms with Gasteiger partial charge in [-0.15, -0.1) is 0 Å². The summed E-state index contributed by atoms with van der Waals surface area (Å²) in [7, 11) is 0. The Morgan fingerprint density at radius 3 is 1.67 bits per heavy atom. The van der Waals surface area contributed by atoms with Crippen LogP contribution < -0.4 is 0 Å². The van der Waals surface area contributed by atoms with Crippen LogP contribution in [-0.4, -0.2) is 12.6 Å². The highest BCUT2D eigenvalue weighted by Gasteiger charge is 2.22. The summed E-state index contributed by atoms with van der Waals surface area (Å²) in [5.41, 5.74) is 0. The van der Waals surface area contributed by atoms with Crippen LogP contribution in [0.2, 0.25) is 0 Å². The topological polar surface area (TPSA) is 34.1 Å². The Kier molecular flexibility index (Phi) is 1.98. The number of carbonyl (C=O) groups excluding carboxylic acids is 2. The molecule has 0 radical (unpaired) electrons. The second-order valence-corrected chi connectivity index (χ2v) is 2.61. The standard InChI is InChI=1S/C7H10O2/c8-4-6-1-2-7(3-6)5-9/h4-7H,1-3H2/t6-,7+. The molecule has 0 N–H and O–H groups in total. The molecule has 1 rings (SSSR count). The van der Waals surface area contributed by atoms with Gasteiger partial charge in [-0.3, -0.25) is 0 Å². The van der Waals surface area contributed by atoms with E-state index >= 15 is 0 Å². The number of carbonyl (C=O) groups is 2. The lowest BCUT2D eigenvalue weighted by molar-refractivity contribution is -0.111. The minimum atomic E-state index is 0.167. The maximum atomic E-state index is 10.2. The van der Waals surface area contributed by atoms with Gasteiger partial charge in [-0.1, -0.05) is 0 Å². The van der Waals surface area contributed by atoms with Crippen LogP contribution in [0.15, 0.2) is 0 Å². The molecule has 2 heteroatoms. The van der Waals surface area contributed by atoms with Crippen molar-refractivity contribution in [3.63, 3.8) is 0 Å². The Bertz CT molecular complexity index is 106. The molecule has 1 aliphatic carbocycles. The van der Waals surface area contributed by atoms with Crippen molar-refractivity contribution in [3.8, 4) is 0 Å². The zero-order chi connectivity index (χ0) is 6.69.